The average molecular weight is 269 g/mol. The molecule has 20 heavy (non-hydrogen) atoms. The summed E-state index contributed by atoms with van der Waals surface area (Å²) in [4.78, 5) is 15.8. The van der Waals surface area contributed by atoms with E-state index < -0.39 is 5.76 Å². The standard InChI is InChI=1S/C15H15N3O2/c1-18(9-10-3-2-4-11(16)7-10)12-5-6-13-14(8-12)20-15(19)17-13/h2-8H,9,16H2,1H3,(H,17,19). The monoisotopic (exact) mass is 269 g/mol. The molecule has 0 fully saturated rings. The van der Waals surface area contributed by atoms with Crippen molar-refractivity contribution < 1.29 is 4.42 Å². The van der Waals surface area contributed by atoms with Gasteiger partial charge in [-0.2, -0.15) is 0 Å². The first-order chi connectivity index (χ1) is 9.61. The Morgan fingerprint density at radius 3 is 2.90 bits per heavy atom. The van der Waals surface area contributed by atoms with Gasteiger partial charge in [-0.1, -0.05) is 12.1 Å². The summed E-state index contributed by atoms with van der Waals surface area (Å²) in [6, 6.07) is 13.4. The van der Waals surface area contributed by atoms with Crippen LogP contribution < -0.4 is 16.4 Å². The largest absolute Gasteiger partial charge is 0.417 e. The Hall–Kier alpha value is -2.69. The molecule has 0 aliphatic heterocycles. The molecule has 0 spiro atoms. The zero-order valence-corrected chi connectivity index (χ0v) is 11.1. The molecule has 0 bridgehead atoms. The van der Waals surface area contributed by atoms with E-state index in [1.165, 1.54) is 0 Å². The molecule has 0 saturated heterocycles. The maximum absolute atomic E-state index is 11.1. The number of H-pyrrole nitrogens is 1. The van der Waals surface area contributed by atoms with Gasteiger partial charge in [-0.05, 0) is 29.8 Å². The number of anilines is 2. The van der Waals surface area contributed by atoms with Crippen LogP contribution in [0, 0.1) is 0 Å². The first-order valence-corrected chi connectivity index (χ1v) is 6.30. The van der Waals surface area contributed by atoms with Crippen LogP contribution in [0.4, 0.5) is 11.4 Å². The molecule has 0 saturated carbocycles. The van der Waals surface area contributed by atoms with Crippen LogP contribution in [0.1, 0.15) is 5.56 Å². The second-order valence-electron chi connectivity index (χ2n) is 4.80. The molecule has 1 heterocycles. The highest BCUT2D eigenvalue weighted by atomic mass is 16.4. The lowest BCUT2D eigenvalue weighted by Gasteiger charge is -2.19. The van der Waals surface area contributed by atoms with Crippen LogP contribution in [0.25, 0.3) is 11.1 Å². The lowest BCUT2D eigenvalue weighted by atomic mass is 10.2. The van der Waals surface area contributed by atoms with Gasteiger partial charge < -0.3 is 15.1 Å². The molecule has 0 aliphatic rings. The van der Waals surface area contributed by atoms with E-state index in [-0.39, 0.29) is 0 Å². The van der Waals surface area contributed by atoms with Gasteiger partial charge in [0.2, 0.25) is 0 Å². The SMILES string of the molecule is CN(Cc1cccc(N)c1)c1ccc2[nH]c(=O)oc2c1. The second-order valence-corrected chi connectivity index (χ2v) is 4.80. The van der Waals surface area contributed by atoms with Crippen molar-refractivity contribution in [3.63, 3.8) is 0 Å². The Morgan fingerprint density at radius 2 is 2.10 bits per heavy atom. The number of oxazole rings is 1. The van der Waals surface area contributed by atoms with Crippen LogP contribution in [0.2, 0.25) is 0 Å². The molecule has 5 heteroatoms. The molecule has 2 aromatic carbocycles. The zero-order valence-electron chi connectivity index (χ0n) is 11.1. The molecule has 3 rings (SSSR count). The number of aromatic nitrogens is 1. The van der Waals surface area contributed by atoms with Crippen molar-refractivity contribution in [1.82, 2.24) is 4.98 Å². The van der Waals surface area contributed by atoms with Gasteiger partial charge in [0.1, 0.15) is 0 Å². The fraction of sp³-hybridized carbons (Fsp3) is 0.133. The van der Waals surface area contributed by atoms with E-state index in [9.17, 15) is 4.79 Å². The number of nitrogens with two attached hydrogens (primary N) is 1. The molecule has 0 aliphatic carbocycles. The first-order valence-electron chi connectivity index (χ1n) is 6.30. The van der Waals surface area contributed by atoms with Crippen molar-refractivity contribution in [2.75, 3.05) is 17.7 Å². The van der Waals surface area contributed by atoms with Crippen LogP contribution in [0.5, 0.6) is 0 Å². The van der Waals surface area contributed by atoms with E-state index >= 15 is 0 Å². The zero-order chi connectivity index (χ0) is 14.1. The number of aromatic amines is 1. The van der Waals surface area contributed by atoms with Gasteiger partial charge in [0.25, 0.3) is 0 Å². The van der Waals surface area contributed by atoms with Crippen molar-refractivity contribution in [3.8, 4) is 0 Å². The number of fused-ring (bicyclic) bond motifs is 1. The Balaban J connectivity index is 1.88. The predicted molar refractivity (Wildman–Crippen MR) is 79.8 cm³/mol. The van der Waals surface area contributed by atoms with E-state index in [2.05, 4.69) is 9.88 Å². The molecule has 102 valence electrons. The van der Waals surface area contributed by atoms with E-state index in [0.717, 1.165) is 23.5 Å². The number of nitrogens with one attached hydrogen (secondary N) is 1. The predicted octanol–water partition coefficient (Wildman–Crippen LogP) is 2.34. The Bertz CT molecular complexity index is 804. The number of hydrogen-bond donors (Lipinski definition) is 2. The minimum Gasteiger partial charge on any atom is -0.408 e. The maximum atomic E-state index is 11.1. The van der Waals surface area contributed by atoms with Crippen molar-refractivity contribution in [2.24, 2.45) is 0 Å². The minimum atomic E-state index is -0.435. The summed E-state index contributed by atoms with van der Waals surface area (Å²) in [5.74, 6) is -0.435. The molecule has 0 atom stereocenters. The third-order valence-corrected chi connectivity index (χ3v) is 3.22. The van der Waals surface area contributed by atoms with Crippen LogP contribution in [0.15, 0.2) is 51.7 Å². The van der Waals surface area contributed by atoms with Crippen LogP contribution in [0.3, 0.4) is 0 Å². The van der Waals surface area contributed by atoms with Crippen LogP contribution in [-0.4, -0.2) is 12.0 Å². The highest BCUT2D eigenvalue weighted by molar-refractivity contribution is 5.77. The van der Waals surface area contributed by atoms with Gasteiger partial charge in [0.15, 0.2) is 5.58 Å². The fourth-order valence-corrected chi connectivity index (χ4v) is 2.23. The highest BCUT2D eigenvalue weighted by Crippen LogP contribution is 2.21. The van der Waals surface area contributed by atoms with Gasteiger partial charge in [-0.3, -0.25) is 4.98 Å². The Kier molecular flexibility index (Phi) is 2.95. The molecule has 3 N–H and O–H groups in total. The lowest BCUT2D eigenvalue weighted by molar-refractivity contribution is 0.555. The van der Waals surface area contributed by atoms with Gasteiger partial charge in [-0.15, -0.1) is 0 Å². The number of benzene rings is 2. The molecular formula is C15H15N3O2. The van der Waals surface area contributed by atoms with Crippen molar-refractivity contribution in [3.05, 3.63) is 58.6 Å². The van der Waals surface area contributed by atoms with E-state index in [4.69, 9.17) is 10.2 Å². The number of hydrogen-bond acceptors (Lipinski definition) is 4. The Labute approximate surface area is 115 Å². The number of nitrogen functional groups attached to an aromatic ring is 1. The van der Waals surface area contributed by atoms with Gasteiger partial charge in [0.05, 0.1) is 5.52 Å². The first kappa shape index (κ1) is 12.3. The quantitative estimate of drug-likeness (QED) is 0.716. The number of nitrogens with zero attached hydrogens (tertiary/aromatic N) is 1. The fourth-order valence-electron chi connectivity index (χ4n) is 2.23. The third-order valence-electron chi connectivity index (χ3n) is 3.22. The summed E-state index contributed by atoms with van der Waals surface area (Å²) in [6.07, 6.45) is 0. The van der Waals surface area contributed by atoms with Gasteiger partial charge in [0, 0.05) is 31.0 Å². The summed E-state index contributed by atoms with van der Waals surface area (Å²) in [6.45, 7) is 0.727. The third kappa shape index (κ3) is 2.38. The highest BCUT2D eigenvalue weighted by Gasteiger charge is 2.06. The second kappa shape index (κ2) is 4.77. The topological polar surface area (TPSA) is 75.3 Å². The van der Waals surface area contributed by atoms with Gasteiger partial charge in [-0.25, -0.2) is 4.79 Å². The molecule has 1 aromatic heterocycles. The summed E-state index contributed by atoms with van der Waals surface area (Å²) in [5.41, 5.74) is 9.90. The van der Waals surface area contributed by atoms with Crippen LogP contribution >= 0.6 is 0 Å². The van der Waals surface area contributed by atoms with Crippen molar-refractivity contribution in [2.45, 2.75) is 6.54 Å². The summed E-state index contributed by atoms with van der Waals surface area (Å²) < 4.78 is 5.07. The molecule has 3 aromatic rings. The number of rotatable bonds is 3. The summed E-state index contributed by atoms with van der Waals surface area (Å²) in [7, 11) is 1.98. The van der Waals surface area contributed by atoms with E-state index in [1.54, 1.807) is 0 Å². The average Bonchev–Trinajstić information content (AvgIpc) is 2.77. The molecule has 0 amide bonds. The normalized spacial score (nSPS) is 10.8. The van der Waals surface area contributed by atoms with Crippen molar-refractivity contribution in [1.29, 1.82) is 0 Å². The minimum absolute atomic E-state index is 0.435. The maximum Gasteiger partial charge on any atom is 0.417 e. The molecule has 0 radical (unpaired) electrons. The van der Waals surface area contributed by atoms with E-state index in [0.29, 0.717) is 11.1 Å². The van der Waals surface area contributed by atoms with Crippen molar-refractivity contribution >= 4 is 22.5 Å². The van der Waals surface area contributed by atoms with E-state index in [1.807, 2.05) is 49.5 Å². The lowest BCUT2D eigenvalue weighted by Crippen LogP contribution is -2.16. The summed E-state index contributed by atoms with van der Waals surface area (Å²) >= 11 is 0. The smallest absolute Gasteiger partial charge is 0.408 e. The van der Waals surface area contributed by atoms with Crippen LogP contribution in [-0.2, 0) is 6.54 Å². The summed E-state index contributed by atoms with van der Waals surface area (Å²) in [5, 5.41) is 0. The molecule has 5 nitrogen and oxygen atoms in total. The molecule has 0 unspecified atom stereocenters. The Morgan fingerprint density at radius 1 is 1.25 bits per heavy atom. The van der Waals surface area contributed by atoms with Gasteiger partial charge >= 0.3 is 5.76 Å². The molecular weight excluding hydrogens is 254 g/mol.